The zero-order valence-electron chi connectivity index (χ0n) is 20.0. The molecule has 0 aliphatic heterocycles. The van der Waals surface area contributed by atoms with E-state index in [-0.39, 0.29) is 5.92 Å². The second-order valence-electron chi connectivity index (χ2n) is 9.45. The first-order valence-electron chi connectivity index (χ1n) is 11.9. The fraction of sp³-hybridized carbons (Fsp3) is 0.194. The Morgan fingerprint density at radius 2 is 1.57 bits per heavy atom. The van der Waals surface area contributed by atoms with Crippen molar-refractivity contribution in [2.24, 2.45) is 0 Å². The number of hydrogen-bond acceptors (Lipinski definition) is 3. The van der Waals surface area contributed by atoms with Gasteiger partial charge in [0.2, 0.25) is 0 Å². The number of hydrogen-bond donors (Lipinski definition) is 1. The van der Waals surface area contributed by atoms with E-state index in [2.05, 4.69) is 89.5 Å². The van der Waals surface area contributed by atoms with Gasteiger partial charge in [-0.05, 0) is 72.2 Å². The van der Waals surface area contributed by atoms with E-state index in [1.807, 2.05) is 48.7 Å². The summed E-state index contributed by atoms with van der Waals surface area (Å²) in [6.45, 7) is 0.746. The van der Waals surface area contributed by atoms with Gasteiger partial charge in [0, 0.05) is 28.5 Å². The van der Waals surface area contributed by atoms with E-state index in [1.54, 1.807) is 0 Å². The zero-order chi connectivity index (χ0) is 24.4. The summed E-state index contributed by atoms with van der Waals surface area (Å²) in [6, 6.07) is 33.2. The number of rotatable bonds is 7. The van der Waals surface area contributed by atoms with Gasteiger partial charge in [0.25, 0.3) is 0 Å². The van der Waals surface area contributed by atoms with Crippen LogP contribution in [0.2, 0.25) is 0 Å². The SMILES string of the molecule is CN(C)CC[C@](O)(c1cccc2ccccc12)[C@H](c1ccccc1)c1cnc2ccc(Br)cc2c1. The maximum atomic E-state index is 12.9. The number of aliphatic hydroxyl groups is 1. The monoisotopic (exact) mass is 524 g/mol. The first kappa shape index (κ1) is 23.7. The molecule has 0 saturated carbocycles. The summed E-state index contributed by atoms with van der Waals surface area (Å²) in [6.07, 6.45) is 2.50. The molecule has 5 aromatic rings. The van der Waals surface area contributed by atoms with Crippen molar-refractivity contribution in [1.29, 1.82) is 0 Å². The lowest BCUT2D eigenvalue weighted by Crippen LogP contribution is -2.37. The quantitative estimate of drug-likeness (QED) is 0.246. The zero-order valence-corrected chi connectivity index (χ0v) is 21.6. The molecule has 1 N–H and O–H groups in total. The van der Waals surface area contributed by atoms with Crippen LogP contribution in [0.4, 0.5) is 0 Å². The predicted octanol–water partition coefficient (Wildman–Crippen LogP) is 7.12. The minimum absolute atomic E-state index is 0.301. The molecule has 4 aromatic carbocycles. The van der Waals surface area contributed by atoms with Crippen molar-refractivity contribution in [3.63, 3.8) is 0 Å². The highest BCUT2D eigenvalue weighted by Gasteiger charge is 2.41. The molecular formula is C31H29BrN2O. The predicted molar refractivity (Wildman–Crippen MR) is 149 cm³/mol. The molecule has 0 radical (unpaired) electrons. The molecule has 35 heavy (non-hydrogen) atoms. The highest BCUT2D eigenvalue weighted by Crippen LogP contribution is 2.46. The fourth-order valence-electron chi connectivity index (χ4n) is 5.10. The average molecular weight is 525 g/mol. The molecule has 3 nitrogen and oxygen atoms in total. The van der Waals surface area contributed by atoms with Gasteiger partial charge in [0.05, 0.1) is 5.52 Å². The Labute approximate surface area is 215 Å². The van der Waals surface area contributed by atoms with E-state index >= 15 is 0 Å². The lowest BCUT2D eigenvalue weighted by atomic mass is 9.71. The third-order valence-corrected chi connectivity index (χ3v) is 7.30. The van der Waals surface area contributed by atoms with E-state index in [9.17, 15) is 5.11 Å². The first-order chi connectivity index (χ1) is 17.0. The second-order valence-corrected chi connectivity index (χ2v) is 10.4. The average Bonchev–Trinajstić information content (AvgIpc) is 2.87. The van der Waals surface area contributed by atoms with E-state index in [1.165, 1.54) is 0 Å². The van der Waals surface area contributed by atoms with Gasteiger partial charge in [-0.15, -0.1) is 0 Å². The van der Waals surface area contributed by atoms with Crippen LogP contribution in [0.5, 0.6) is 0 Å². The van der Waals surface area contributed by atoms with Gasteiger partial charge in [0.1, 0.15) is 5.60 Å². The summed E-state index contributed by atoms with van der Waals surface area (Å²) >= 11 is 3.60. The summed E-state index contributed by atoms with van der Waals surface area (Å²) in [5.74, 6) is -0.301. The number of pyridine rings is 1. The Hall–Kier alpha value is -3.05. The largest absolute Gasteiger partial charge is 0.384 e. The van der Waals surface area contributed by atoms with Crippen LogP contribution in [0.1, 0.15) is 29.0 Å². The van der Waals surface area contributed by atoms with Crippen molar-refractivity contribution in [1.82, 2.24) is 9.88 Å². The smallest absolute Gasteiger partial charge is 0.102 e. The number of nitrogens with zero attached hydrogens (tertiary/aromatic N) is 2. The number of aromatic nitrogens is 1. The third-order valence-electron chi connectivity index (χ3n) is 6.80. The molecule has 2 atom stereocenters. The Balaban J connectivity index is 1.78. The van der Waals surface area contributed by atoms with Crippen molar-refractivity contribution in [3.05, 3.63) is 124 Å². The minimum Gasteiger partial charge on any atom is -0.384 e. The van der Waals surface area contributed by atoms with E-state index in [4.69, 9.17) is 4.98 Å². The van der Waals surface area contributed by atoms with Crippen molar-refractivity contribution in [2.45, 2.75) is 17.9 Å². The maximum absolute atomic E-state index is 12.9. The second kappa shape index (κ2) is 9.90. The molecular weight excluding hydrogens is 496 g/mol. The number of fused-ring (bicyclic) bond motifs is 2. The van der Waals surface area contributed by atoms with Crippen LogP contribution >= 0.6 is 15.9 Å². The van der Waals surface area contributed by atoms with Gasteiger partial charge in [-0.2, -0.15) is 0 Å². The number of benzene rings is 4. The van der Waals surface area contributed by atoms with Crippen LogP contribution in [-0.4, -0.2) is 35.6 Å². The molecule has 0 saturated heterocycles. The summed E-state index contributed by atoms with van der Waals surface area (Å²) < 4.78 is 1.01. The van der Waals surface area contributed by atoms with Gasteiger partial charge in [0.15, 0.2) is 0 Å². The van der Waals surface area contributed by atoms with E-state index < -0.39 is 5.60 Å². The van der Waals surface area contributed by atoms with Crippen LogP contribution in [0.3, 0.4) is 0 Å². The highest BCUT2D eigenvalue weighted by atomic mass is 79.9. The van der Waals surface area contributed by atoms with Crippen molar-refractivity contribution < 1.29 is 5.11 Å². The highest BCUT2D eigenvalue weighted by molar-refractivity contribution is 9.10. The topological polar surface area (TPSA) is 36.4 Å². The Bertz CT molecular complexity index is 1460. The van der Waals surface area contributed by atoms with Gasteiger partial charge in [-0.3, -0.25) is 4.98 Å². The van der Waals surface area contributed by atoms with E-state index in [0.717, 1.165) is 49.4 Å². The van der Waals surface area contributed by atoms with Crippen LogP contribution < -0.4 is 0 Å². The van der Waals surface area contributed by atoms with Crippen molar-refractivity contribution in [3.8, 4) is 0 Å². The molecule has 1 heterocycles. The van der Waals surface area contributed by atoms with E-state index in [0.29, 0.717) is 6.42 Å². The minimum atomic E-state index is -1.16. The molecule has 0 aliphatic carbocycles. The summed E-state index contributed by atoms with van der Waals surface area (Å²) in [5, 5.41) is 16.1. The summed E-state index contributed by atoms with van der Waals surface area (Å²) in [7, 11) is 4.10. The van der Waals surface area contributed by atoms with Gasteiger partial charge < -0.3 is 10.0 Å². The maximum Gasteiger partial charge on any atom is 0.102 e. The molecule has 0 bridgehead atoms. The lowest BCUT2D eigenvalue weighted by Gasteiger charge is -2.39. The molecule has 4 heteroatoms. The Morgan fingerprint density at radius 1 is 0.829 bits per heavy atom. The normalized spacial score (nSPS) is 14.3. The molecule has 176 valence electrons. The van der Waals surface area contributed by atoms with Gasteiger partial charge in [-0.1, -0.05) is 88.7 Å². The van der Waals surface area contributed by atoms with Crippen molar-refractivity contribution in [2.75, 3.05) is 20.6 Å². The van der Waals surface area contributed by atoms with Crippen LogP contribution in [0.15, 0.2) is 108 Å². The van der Waals surface area contributed by atoms with Crippen molar-refractivity contribution >= 4 is 37.6 Å². The molecule has 5 rings (SSSR count). The fourth-order valence-corrected chi connectivity index (χ4v) is 5.48. The van der Waals surface area contributed by atoms with Gasteiger partial charge >= 0.3 is 0 Å². The number of halogens is 1. The molecule has 0 aliphatic rings. The van der Waals surface area contributed by atoms with Crippen LogP contribution in [0, 0.1) is 0 Å². The van der Waals surface area contributed by atoms with Crippen LogP contribution in [0.25, 0.3) is 21.7 Å². The molecule has 0 unspecified atom stereocenters. The first-order valence-corrected chi connectivity index (χ1v) is 12.7. The Morgan fingerprint density at radius 3 is 2.37 bits per heavy atom. The molecule has 0 fully saturated rings. The summed E-state index contributed by atoms with van der Waals surface area (Å²) in [5.41, 5.74) is 2.79. The molecule has 0 spiro atoms. The third kappa shape index (κ3) is 4.74. The lowest BCUT2D eigenvalue weighted by molar-refractivity contribution is 0.00584. The molecule has 1 aromatic heterocycles. The summed E-state index contributed by atoms with van der Waals surface area (Å²) in [4.78, 5) is 6.92. The van der Waals surface area contributed by atoms with Crippen LogP contribution in [-0.2, 0) is 5.60 Å². The standard InChI is InChI=1S/C31H29BrN2O/c1-34(2)18-17-31(35,28-14-8-12-22-9-6-7-13-27(22)28)30(23-10-4-3-5-11-23)25-19-24-20-26(32)15-16-29(24)33-21-25/h3-16,19-21,30,35H,17-18H2,1-2H3/t30-,31+/m1/s1. The Kier molecular flexibility index (Phi) is 6.70. The molecule has 0 amide bonds. The van der Waals surface area contributed by atoms with Gasteiger partial charge in [-0.25, -0.2) is 0 Å².